The first-order chi connectivity index (χ1) is 7.84. The van der Waals surface area contributed by atoms with Crippen molar-refractivity contribution in [1.29, 1.82) is 0 Å². The summed E-state index contributed by atoms with van der Waals surface area (Å²) in [6.07, 6.45) is 7.89. The van der Waals surface area contributed by atoms with Crippen molar-refractivity contribution in [1.82, 2.24) is 5.32 Å². The lowest BCUT2D eigenvalue weighted by molar-refractivity contribution is 0.478. The number of nitrogen functional groups attached to an aromatic ring is 1. The summed E-state index contributed by atoms with van der Waals surface area (Å²) in [6, 6.07) is 9.00. The summed E-state index contributed by atoms with van der Waals surface area (Å²) in [4.78, 5) is 0. The Morgan fingerprint density at radius 3 is 2.75 bits per heavy atom. The van der Waals surface area contributed by atoms with Crippen LogP contribution in [0.3, 0.4) is 0 Å². The Morgan fingerprint density at radius 2 is 1.94 bits per heavy atom. The smallest absolute Gasteiger partial charge is 0.0314 e. The van der Waals surface area contributed by atoms with Gasteiger partial charge in [-0.05, 0) is 49.9 Å². The van der Waals surface area contributed by atoms with Crippen LogP contribution in [0.1, 0.15) is 37.7 Å². The second-order valence-corrected chi connectivity index (χ2v) is 4.78. The molecular formula is C14H22N2. The molecule has 0 aliphatic carbocycles. The monoisotopic (exact) mass is 218 g/mol. The number of hydrogen-bond donors (Lipinski definition) is 2. The molecule has 16 heavy (non-hydrogen) atoms. The van der Waals surface area contributed by atoms with E-state index >= 15 is 0 Å². The minimum absolute atomic E-state index is 0.722. The fourth-order valence-electron chi connectivity index (χ4n) is 2.37. The zero-order chi connectivity index (χ0) is 11.2. The van der Waals surface area contributed by atoms with Crippen LogP contribution in [-0.4, -0.2) is 12.6 Å². The maximum absolute atomic E-state index is 5.67. The third kappa shape index (κ3) is 3.53. The van der Waals surface area contributed by atoms with Crippen LogP contribution in [0.4, 0.5) is 5.69 Å². The van der Waals surface area contributed by atoms with Gasteiger partial charge in [0.25, 0.3) is 0 Å². The number of aryl methyl sites for hydroxylation is 1. The molecule has 0 aromatic heterocycles. The van der Waals surface area contributed by atoms with Crippen molar-refractivity contribution >= 4 is 5.69 Å². The van der Waals surface area contributed by atoms with Crippen molar-refractivity contribution in [3.8, 4) is 0 Å². The van der Waals surface area contributed by atoms with Crippen molar-refractivity contribution < 1.29 is 0 Å². The van der Waals surface area contributed by atoms with Crippen LogP contribution in [0.2, 0.25) is 0 Å². The van der Waals surface area contributed by atoms with Crippen LogP contribution >= 0.6 is 0 Å². The zero-order valence-corrected chi connectivity index (χ0v) is 9.91. The van der Waals surface area contributed by atoms with E-state index in [4.69, 9.17) is 5.73 Å². The van der Waals surface area contributed by atoms with Crippen LogP contribution < -0.4 is 11.1 Å². The van der Waals surface area contributed by atoms with Crippen molar-refractivity contribution in [3.63, 3.8) is 0 Å². The predicted molar refractivity (Wildman–Crippen MR) is 69.4 cm³/mol. The number of rotatable bonds is 3. The molecule has 3 N–H and O–H groups in total. The summed E-state index contributed by atoms with van der Waals surface area (Å²) < 4.78 is 0. The molecule has 0 spiro atoms. The maximum atomic E-state index is 5.67. The lowest BCUT2D eigenvalue weighted by atomic mass is 10.0. The second kappa shape index (κ2) is 5.90. The Kier molecular flexibility index (Phi) is 4.23. The third-order valence-corrected chi connectivity index (χ3v) is 3.42. The summed E-state index contributed by atoms with van der Waals surface area (Å²) in [5, 5.41) is 3.64. The largest absolute Gasteiger partial charge is 0.399 e. The molecule has 0 amide bonds. The van der Waals surface area contributed by atoms with Gasteiger partial charge in [0.15, 0.2) is 0 Å². The molecule has 1 aromatic carbocycles. The molecule has 0 saturated carbocycles. The van der Waals surface area contributed by atoms with Crippen molar-refractivity contribution in [2.75, 3.05) is 12.3 Å². The Balaban J connectivity index is 1.79. The van der Waals surface area contributed by atoms with Gasteiger partial charge in [-0.2, -0.15) is 0 Å². The molecule has 1 aromatic rings. The van der Waals surface area contributed by atoms with E-state index in [2.05, 4.69) is 17.4 Å². The average Bonchev–Trinajstić information content (AvgIpc) is 2.57. The van der Waals surface area contributed by atoms with Gasteiger partial charge in [-0.25, -0.2) is 0 Å². The molecule has 0 radical (unpaired) electrons. The summed E-state index contributed by atoms with van der Waals surface area (Å²) in [5.74, 6) is 0. The SMILES string of the molecule is Nc1ccc(CCC2CCCCCN2)cc1. The number of nitrogens with two attached hydrogens (primary N) is 1. The van der Waals surface area contributed by atoms with E-state index in [0.29, 0.717) is 0 Å². The number of benzene rings is 1. The quantitative estimate of drug-likeness (QED) is 0.766. The van der Waals surface area contributed by atoms with Gasteiger partial charge in [0.1, 0.15) is 0 Å². The van der Waals surface area contributed by atoms with Gasteiger partial charge < -0.3 is 11.1 Å². The topological polar surface area (TPSA) is 38.0 Å². The molecule has 1 fully saturated rings. The first-order valence-corrected chi connectivity index (χ1v) is 6.42. The van der Waals surface area contributed by atoms with Crippen LogP contribution in [0.5, 0.6) is 0 Å². The van der Waals surface area contributed by atoms with Gasteiger partial charge in [-0.3, -0.25) is 0 Å². The van der Waals surface area contributed by atoms with Crippen LogP contribution in [0.25, 0.3) is 0 Å². The van der Waals surface area contributed by atoms with Gasteiger partial charge in [-0.15, -0.1) is 0 Å². The van der Waals surface area contributed by atoms with Crippen molar-refractivity contribution in [3.05, 3.63) is 29.8 Å². The van der Waals surface area contributed by atoms with Crippen molar-refractivity contribution in [2.45, 2.75) is 44.6 Å². The Morgan fingerprint density at radius 1 is 1.12 bits per heavy atom. The van der Waals surface area contributed by atoms with Crippen LogP contribution in [0, 0.1) is 0 Å². The Bertz CT molecular complexity index is 297. The molecular weight excluding hydrogens is 196 g/mol. The summed E-state index contributed by atoms with van der Waals surface area (Å²) in [6.45, 7) is 1.20. The zero-order valence-electron chi connectivity index (χ0n) is 9.91. The summed E-state index contributed by atoms with van der Waals surface area (Å²) in [5.41, 5.74) is 7.93. The van der Waals surface area contributed by atoms with E-state index in [9.17, 15) is 0 Å². The summed E-state index contributed by atoms with van der Waals surface area (Å²) in [7, 11) is 0. The molecule has 1 saturated heterocycles. The Hall–Kier alpha value is -1.02. The minimum Gasteiger partial charge on any atom is -0.399 e. The van der Waals surface area contributed by atoms with Gasteiger partial charge in [0.2, 0.25) is 0 Å². The van der Waals surface area contributed by atoms with E-state index in [-0.39, 0.29) is 0 Å². The molecule has 0 bridgehead atoms. The lowest BCUT2D eigenvalue weighted by Crippen LogP contribution is -2.28. The second-order valence-electron chi connectivity index (χ2n) is 4.78. The van der Waals surface area contributed by atoms with E-state index in [1.807, 2.05) is 12.1 Å². The fourth-order valence-corrected chi connectivity index (χ4v) is 2.37. The van der Waals surface area contributed by atoms with Crippen molar-refractivity contribution in [2.24, 2.45) is 0 Å². The van der Waals surface area contributed by atoms with Gasteiger partial charge >= 0.3 is 0 Å². The predicted octanol–water partition coefficient (Wildman–Crippen LogP) is 2.73. The molecule has 1 atom stereocenters. The number of anilines is 1. The lowest BCUT2D eigenvalue weighted by Gasteiger charge is -2.15. The van der Waals surface area contributed by atoms with Gasteiger partial charge in [-0.1, -0.05) is 25.0 Å². The molecule has 2 nitrogen and oxygen atoms in total. The Labute approximate surface area is 98.2 Å². The molecule has 1 aliphatic heterocycles. The molecule has 1 unspecified atom stereocenters. The molecule has 2 rings (SSSR count). The first-order valence-electron chi connectivity index (χ1n) is 6.42. The van der Waals surface area contributed by atoms with Gasteiger partial charge in [0.05, 0.1) is 0 Å². The molecule has 1 heterocycles. The molecule has 2 heteroatoms. The fraction of sp³-hybridized carbons (Fsp3) is 0.571. The molecule has 88 valence electrons. The average molecular weight is 218 g/mol. The highest BCUT2D eigenvalue weighted by Gasteiger charge is 2.10. The molecule has 1 aliphatic rings. The maximum Gasteiger partial charge on any atom is 0.0314 e. The summed E-state index contributed by atoms with van der Waals surface area (Å²) >= 11 is 0. The van der Waals surface area contributed by atoms with Crippen LogP contribution in [-0.2, 0) is 6.42 Å². The highest BCUT2D eigenvalue weighted by Crippen LogP contribution is 2.14. The van der Waals surface area contributed by atoms with E-state index in [0.717, 1.165) is 18.2 Å². The number of nitrogens with one attached hydrogen (secondary N) is 1. The van der Waals surface area contributed by atoms with E-state index in [1.54, 1.807) is 0 Å². The van der Waals surface area contributed by atoms with E-state index < -0.39 is 0 Å². The first kappa shape index (κ1) is 11.5. The standard InChI is InChI=1S/C14H22N2/c15-13-8-5-12(6-9-13)7-10-14-4-2-1-3-11-16-14/h5-6,8-9,14,16H,1-4,7,10-11,15H2. The highest BCUT2D eigenvalue weighted by atomic mass is 14.9. The van der Waals surface area contributed by atoms with E-state index in [1.165, 1.54) is 44.2 Å². The highest BCUT2D eigenvalue weighted by molar-refractivity contribution is 5.39. The normalized spacial score (nSPS) is 21.6. The minimum atomic E-state index is 0.722. The number of hydrogen-bond acceptors (Lipinski definition) is 2. The van der Waals surface area contributed by atoms with Crippen LogP contribution in [0.15, 0.2) is 24.3 Å². The van der Waals surface area contributed by atoms with Gasteiger partial charge in [0, 0.05) is 11.7 Å². The third-order valence-electron chi connectivity index (χ3n) is 3.42.